The van der Waals surface area contributed by atoms with Crippen LogP contribution in [-0.4, -0.2) is 37.1 Å². The van der Waals surface area contributed by atoms with E-state index in [1.54, 1.807) is 0 Å². The van der Waals surface area contributed by atoms with Crippen molar-refractivity contribution in [3.8, 4) is 0 Å². The molecule has 0 fully saturated rings. The fourth-order valence-electron chi connectivity index (χ4n) is 3.09. The van der Waals surface area contributed by atoms with Crippen LogP contribution in [0, 0.1) is 5.92 Å². The zero-order valence-electron chi connectivity index (χ0n) is 17.7. The van der Waals surface area contributed by atoms with E-state index in [9.17, 15) is 4.79 Å². The molecule has 0 aromatic carbocycles. The molecule has 0 aliphatic rings. The van der Waals surface area contributed by atoms with Gasteiger partial charge in [-0.3, -0.25) is 4.79 Å². The van der Waals surface area contributed by atoms with Gasteiger partial charge in [0.1, 0.15) is 0 Å². The van der Waals surface area contributed by atoms with Gasteiger partial charge in [0.25, 0.3) is 0 Å². The molecule has 25 heavy (non-hydrogen) atoms. The van der Waals surface area contributed by atoms with Crippen LogP contribution >= 0.6 is 0 Å². The molecule has 0 amide bonds. The Bertz CT molecular complexity index is 294. The molecule has 0 aliphatic carbocycles. The van der Waals surface area contributed by atoms with Gasteiger partial charge < -0.3 is 9.64 Å². The normalized spacial score (nSPS) is 12.5. The largest absolute Gasteiger partial charge is 0.465 e. The van der Waals surface area contributed by atoms with E-state index in [0.717, 1.165) is 26.1 Å². The molecule has 1 atom stereocenters. The Hall–Kier alpha value is -0.570. The standard InChI is InChI=1S/C22H45NO2/c1-5-9-12-13-14-18-23(17-11-7-3)19-16-22(24)25-20-21(8-4)15-10-6-2/h21H,5-20H2,1-4H3. The number of carbonyl (C=O) groups excluding carboxylic acids is 1. The third-order valence-electron chi connectivity index (χ3n) is 5.06. The summed E-state index contributed by atoms with van der Waals surface area (Å²) in [6.07, 6.45) is 14.3. The smallest absolute Gasteiger partial charge is 0.307 e. The fourth-order valence-corrected chi connectivity index (χ4v) is 3.09. The van der Waals surface area contributed by atoms with E-state index >= 15 is 0 Å². The number of carbonyl (C=O) groups is 1. The van der Waals surface area contributed by atoms with Crippen LogP contribution in [0.4, 0.5) is 0 Å². The van der Waals surface area contributed by atoms with E-state index in [2.05, 4.69) is 32.6 Å². The predicted octanol–water partition coefficient (Wildman–Crippen LogP) is 6.21. The fraction of sp³-hybridized carbons (Fsp3) is 0.955. The summed E-state index contributed by atoms with van der Waals surface area (Å²) in [5.74, 6) is 0.529. The summed E-state index contributed by atoms with van der Waals surface area (Å²) in [7, 11) is 0. The maximum atomic E-state index is 12.1. The van der Waals surface area contributed by atoms with Gasteiger partial charge in [0.05, 0.1) is 13.0 Å². The molecule has 0 aromatic rings. The minimum atomic E-state index is -0.0116. The molecule has 0 rings (SSSR count). The van der Waals surface area contributed by atoms with Crippen LogP contribution in [0.1, 0.15) is 105 Å². The van der Waals surface area contributed by atoms with Crippen LogP contribution in [0.5, 0.6) is 0 Å². The highest BCUT2D eigenvalue weighted by Gasteiger charge is 2.12. The Balaban J connectivity index is 4.00. The van der Waals surface area contributed by atoms with E-state index in [-0.39, 0.29) is 5.97 Å². The third kappa shape index (κ3) is 15.4. The lowest BCUT2D eigenvalue weighted by molar-refractivity contribution is -0.145. The van der Waals surface area contributed by atoms with Crippen molar-refractivity contribution in [2.75, 3.05) is 26.2 Å². The lowest BCUT2D eigenvalue weighted by Gasteiger charge is -2.22. The first-order chi connectivity index (χ1) is 12.2. The first-order valence-corrected chi connectivity index (χ1v) is 11.1. The Kier molecular flexibility index (Phi) is 17.8. The highest BCUT2D eigenvalue weighted by molar-refractivity contribution is 5.69. The predicted molar refractivity (Wildman–Crippen MR) is 109 cm³/mol. The topological polar surface area (TPSA) is 29.5 Å². The number of unbranched alkanes of at least 4 members (excludes halogenated alkanes) is 6. The second-order valence-electron chi connectivity index (χ2n) is 7.46. The van der Waals surface area contributed by atoms with Gasteiger partial charge in [-0.15, -0.1) is 0 Å². The molecule has 0 bridgehead atoms. The van der Waals surface area contributed by atoms with E-state index in [0.29, 0.717) is 18.9 Å². The number of nitrogens with zero attached hydrogens (tertiary/aromatic N) is 1. The Morgan fingerprint density at radius 2 is 1.44 bits per heavy atom. The zero-order chi connectivity index (χ0) is 18.8. The van der Waals surface area contributed by atoms with Crippen molar-refractivity contribution in [1.82, 2.24) is 4.90 Å². The van der Waals surface area contributed by atoms with E-state index in [1.807, 2.05) is 0 Å². The second-order valence-corrected chi connectivity index (χ2v) is 7.46. The average molecular weight is 356 g/mol. The van der Waals surface area contributed by atoms with Crippen molar-refractivity contribution in [2.24, 2.45) is 5.92 Å². The molecule has 3 nitrogen and oxygen atoms in total. The van der Waals surface area contributed by atoms with Gasteiger partial charge in [0, 0.05) is 6.54 Å². The molecule has 0 heterocycles. The van der Waals surface area contributed by atoms with Gasteiger partial charge in [-0.05, 0) is 38.3 Å². The van der Waals surface area contributed by atoms with Gasteiger partial charge in [-0.1, -0.05) is 79.1 Å². The summed E-state index contributed by atoms with van der Waals surface area (Å²) < 4.78 is 5.54. The monoisotopic (exact) mass is 355 g/mol. The number of ether oxygens (including phenoxy) is 1. The Morgan fingerprint density at radius 3 is 2.08 bits per heavy atom. The molecule has 1 unspecified atom stereocenters. The van der Waals surface area contributed by atoms with Crippen molar-refractivity contribution in [1.29, 1.82) is 0 Å². The molecular formula is C22H45NO2. The highest BCUT2D eigenvalue weighted by Crippen LogP contribution is 2.13. The summed E-state index contributed by atoms with van der Waals surface area (Å²) in [4.78, 5) is 14.5. The van der Waals surface area contributed by atoms with Crippen molar-refractivity contribution in [3.05, 3.63) is 0 Å². The molecule has 0 N–H and O–H groups in total. The van der Waals surface area contributed by atoms with Crippen molar-refractivity contribution < 1.29 is 9.53 Å². The van der Waals surface area contributed by atoms with E-state index in [4.69, 9.17) is 4.74 Å². The van der Waals surface area contributed by atoms with Crippen LogP contribution in [0.2, 0.25) is 0 Å². The number of hydrogen-bond acceptors (Lipinski definition) is 3. The number of esters is 1. The van der Waals surface area contributed by atoms with Crippen LogP contribution in [0.15, 0.2) is 0 Å². The molecule has 0 saturated carbocycles. The Morgan fingerprint density at radius 1 is 0.800 bits per heavy atom. The zero-order valence-corrected chi connectivity index (χ0v) is 17.7. The molecule has 0 radical (unpaired) electrons. The third-order valence-corrected chi connectivity index (χ3v) is 5.06. The summed E-state index contributed by atoms with van der Waals surface area (Å²) >= 11 is 0. The first kappa shape index (κ1) is 24.4. The maximum Gasteiger partial charge on any atom is 0.307 e. The van der Waals surface area contributed by atoms with Gasteiger partial charge in [-0.25, -0.2) is 0 Å². The molecule has 0 spiro atoms. The van der Waals surface area contributed by atoms with Gasteiger partial charge >= 0.3 is 5.97 Å². The van der Waals surface area contributed by atoms with Gasteiger partial charge in [0.15, 0.2) is 0 Å². The van der Waals surface area contributed by atoms with Crippen LogP contribution in [0.25, 0.3) is 0 Å². The second kappa shape index (κ2) is 18.2. The first-order valence-electron chi connectivity index (χ1n) is 11.1. The van der Waals surface area contributed by atoms with Crippen molar-refractivity contribution >= 4 is 5.97 Å². The molecule has 0 aliphatic heterocycles. The summed E-state index contributed by atoms with van der Waals surface area (Å²) in [5, 5.41) is 0. The van der Waals surface area contributed by atoms with Crippen molar-refractivity contribution in [2.45, 2.75) is 105 Å². The maximum absolute atomic E-state index is 12.1. The molecule has 150 valence electrons. The minimum absolute atomic E-state index is 0.0116. The van der Waals surface area contributed by atoms with Gasteiger partial charge in [0.2, 0.25) is 0 Å². The van der Waals surface area contributed by atoms with E-state index < -0.39 is 0 Å². The quantitative estimate of drug-likeness (QED) is 0.216. The van der Waals surface area contributed by atoms with E-state index in [1.165, 1.54) is 64.2 Å². The lowest BCUT2D eigenvalue weighted by Crippen LogP contribution is -2.29. The SMILES string of the molecule is CCCCCCCN(CCCC)CCC(=O)OCC(CC)CCCC. The number of rotatable bonds is 18. The van der Waals surface area contributed by atoms with Crippen LogP contribution < -0.4 is 0 Å². The molecule has 0 aromatic heterocycles. The Labute approximate surface area is 157 Å². The molecular weight excluding hydrogens is 310 g/mol. The van der Waals surface area contributed by atoms with Gasteiger partial charge in [-0.2, -0.15) is 0 Å². The summed E-state index contributed by atoms with van der Waals surface area (Å²) in [5.41, 5.74) is 0. The highest BCUT2D eigenvalue weighted by atomic mass is 16.5. The number of hydrogen-bond donors (Lipinski definition) is 0. The average Bonchev–Trinajstić information content (AvgIpc) is 2.63. The summed E-state index contributed by atoms with van der Waals surface area (Å²) in [6.45, 7) is 12.6. The summed E-state index contributed by atoms with van der Waals surface area (Å²) in [6, 6.07) is 0. The van der Waals surface area contributed by atoms with Crippen molar-refractivity contribution in [3.63, 3.8) is 0 Å². The minimum Gasteiger partial charge on any atom is -0.465 e. The van der Waals surface area contributed by atoms with Crippen LogP contribution in [-0.2, 0) is 9.53 Å². The lowest BCUT2D eigenvalue weighted by atomic mass is 10.0. The molecule has 0 saturated heterocycles. The molecule has 3 heteroatoms. The van der Waals surface area contributed by atoms with Crippen LogP contribution in [0.3, 0.4) is 0 Å².